The van der Waals surface area contributed by atoms with Crippen molar-refractivity contribution in [3.63, 3.8) is 0 Å². The first-order valence-electron chi connectivity index (χ1n) is 10.1. The number of para-hydroxylation sites is 5. The van der Waals surface area contributed by atoms with Crippen LogP contribution in [0, 0.1) is 0 Å². The SMILES string of the molecule is C1=NCNc2ccccc21.C1=Nc2ccccc2NC1.c1ccc2c(c1)NCCN2. The lowest BCUT2D eigenvalue weighted by molar-refractivity contribution is 1.05. The Morgan fingerprint density at radius 2 is 1.23 bits per heavy atom. The van der Waals surface area contributed by atoms with Crippen molar-refractivity contribution in [2.75, 3.05) is 47.6 Å². The second-order valence-electron chi connectivity index (χ2n) is 6.84. The van der Waals surface area contributed by atoms with Crippen LogP contribution in [-0.2, 0) is 0 Å². The molecule has 6 rings (SSSR count). The van der Waals surface area contributed by atoms with Crippen molar-refractivity contribution in [2.24, 2.45) is 9.98 Å². The monoisotopic (exact) mass is 398 g/mol. The molecule has 152 valence electrons. The summed E-state index contributed by atoms with van der Waals surface area (Å²) in [5, 5.41) is 13.0. The van der Waals surface area contributed by atoms with E-state index in [1.807, 2.05) is 67.0 Å². The lowest BCUT2D eigenvalue weighted by Gasteiger charge is -2.18. The Bertz CT molecular complexity index is 945. The lowest BCUT2D eigenvalue weighted by Crippen LogP contribution is -2.19. The van der Waals surface area contributed by atoms with E-state index in [4.69, 9.17) is 0 Å². The molecule has 4 N–H and O–H groups in total. The number of nitrogens with one attached hydrogen (secondary N) is 4. The molecule has 6 heteroatoms. The molecule has 30 heavy (non-hydrogen) atoms. The van der Waals surface area contributed by atoms with E-state index in [9.17, 15) is 0 Å². The second-order valence-corrected chi connectivity index (χ2v) is 6.84. The van der Waals surface area contributed by atoms with Crippen molar-refractivity contribution >= 4 is 40.9 Å². The van der Waals surface area contributed by atoms with Gasteiger partial charge in [0.25, 0.3) is 0 Å². The third-order valence-corrected chi connectivity index (χ3v) is 4.75. The highest BCUT2D eigenvalue weighted by Crippen LogP contribution is 2.25. The van der Waals surface area contributed by atoms with Gasteiger partial charge in [-0.3, -0.25) is 9.98 Å². The molecule has 0 bridgehead atoms. The second kappa shape index (κ2) is 10.1. The first kappa shape index (κ1) is 19.5. The van der Waals surface area contributed by atoms with E-state index >= 15 is 0 Å². The van der Waals surface area contributed by atoms with Crippen molar-refractivity contribution in [3.05, 3.63) is 78.4 Å². The Labute approximate surface area is 177 Å². The predicted octanol–water partition coefficient (Wildman–Crippen LogP) is 4.83. The highest BCUT2D eigenvalue weighted by Gasteiger charge is 2.04. The van der Waals surface area contributed by atoms with Gasteiger partial charge < -0.3 is 21.3 Å². The van der Waals surface area contributed by atoms with E-state index in [1.54, 1.807) is 0 Å². The van der Waals surface area contributed by atoms with Crippen LogP contribution >= 0.6 is 0 Å². The zero-order chi connectivity index (χ0) is 20.4. The van der Waals surface area contributed by atoms with Crippen molar-refractivity contribution in [1.29, 1.82) is 0 Å². The van der Waals surface area contributed by atoms with Gasteiger partial charge in [-0.25, -0.2) is 0 Å². The Kier molecular flexibility index (Phi) is 6.58. The van der Waals surface area contributed by atoms with E-state index < -0.39 is 0 Å². The maximum atomic E-state index is 4.21. The Morgan fingerprint density at radius 3 is 1.93 bits per heavy atom. The minimum absolute atomic E-state index is 0.705. The first-order chi connectivity index (χ1) is 14.9. The van der Waals surface area contributed by atoms with Gasteiger partial charge in [-0.2, -0.15) is 0 Å². The van der Waals surface area contributed by atoms with E-state index in [1.165, 1.54) is 22.6 Å². The molecule has 3 aliphatic rings. The number of benzene rings is 3. The number of anilines is 4. The molecule has 3 aromatic rings. The number of rotatable bonds is 0. The van der Waals surface area contributed by atoms with Crippen molar-refractivity contribution in [2.45, 2.75) is 0 Å². The van der Waals surface area contributed by atoms with Gasteiger partial charge in [-0.1, -0.05) is 42.5 Å². The van der Waals surface area contributed by atoms with Crippen LogP contribution in [0.4, 0.5) is 28.4 Å². The summed E-state index contributed by atoms with van der Waals surface area (Å²) < 4.78 is 0. The van der Waals surface area contributed by atoms with Gasteiger partial charge in [0.05, 0.1) is 29.3 Å². The van der Waals surface area contributed by atoms with Crippen molar-refractivity contribution in [1.82, 2.24) is 0 Å². The van der Waals surface area contributed by atoms with Crippen LogP contribution in [0.5, 0.6) is 0 Å². The van der Waals surface area contributed by atoms with Crippen LogP contribution in [0.2, 0.25) is 0 Å². The molecule has 0 amide bonds. The molecular formula is C24H26N6. The molecule has 0 aliphatic carbocycles. The van der Waals surface area contributed by atoms with Gasteiger partial charge in [-0.15, -0.1) is 0 Å². The highest BCUT2D eigenvalue weighted by molar-refractivity contribution is 5.89. The quantitative estimate of drug-likeness (QED) is 0.438. The maximum Gasteiger partial charge on any atom is 0.107 e. The Hall–Kier alpha value is -3.80. The molecule has 3 aliphatic heterocycles. The van der Waals surface area contributed by atoms with Crippen LogP contribution in [0.1, 0.15) is 5.56 Å². The summed E-state index contributed by atoms with van der Waals surface area (Å²) in [5.74, 6) is 0. The maximum absolute atomic E-state index is 4.21. The summed E-state index contributed by atoms with van der Waals surface area (Å²) in [6.45, 7) is 3.60. The third kappa shape index (κ3) is 5.17. The molecule has 0 atom stereocenters. The zero-order valence-corrected chi connectivity index (χ0v) is 16.8. The van der Waals surface area contributed by atoms with Crippen LogP contribution < -0.4 is 21.3 Å². The summed E-state index contributed by atoms with van der Waals surface area (Å²) in [7, 11) is 0. The van der Waals surface area contributed by atoms with Crippen LogP contribution in [0.15, 0.2) is 82.8 Å². The van der Waals surface area contributed by atoms with Gasteiger partial charge >= 0.3 is 0 Å². The number of nitrogens with zero attached hydrogens (tertiary/aromatic N) is 2. The summed E-state index contributed by atoms with van der Waals surface area (Å²) in [4.78, 5) is 8.29. The minimum Gasteiger partial charge on any atom is -0.382 e. The van der Waals surface area contributed by atoms with Gasteiger partial charge in [0.15, 0.2) is 0 Å². The molecule has 0 spiro atoms. The molecule has 3 aromatic carbocycles. The smallest absolute Gasteiger partial charge is 0.107 e. The molecule has 6 nitrogen and oxygen atoms in total. The fourth-order valence-electron chi connectivity index (χ4n) is 3.27. The van der Waals surface area contributed by atoms with Crippen LogP contribution in [-0.4, -0.2) is 38.7 Å². The third-order valence-electron chi connectivity index (χ3n) is 4.75. The summed E-state index contributed by atoms with van der Waals surface area (Å²) in [6, 6.07) is 24.4. The van der Waals surface area contributed by atoms with Crippen LogP contribution in [0.3, 0.4) is 0 Å². The minimum atomic E-state index is 0.705. The normalized spacial score (nSPS) is 14.3. The standard InChI is InChI=1S/C8H8N2.C8H10N2.C8H8N2/c1-2-4-8-7(3-1)5-9-6-10-8;2*1-2-4-8-7(3-1)9-5-6-10-8/h1-5,10H,6H2;1-4,9-10H,5-6H2;1-5,10H,6H2. The molecule has 0 aromatic heterocycles. The molecule has 0 radical (unpaired) electrons. The van der Waals surface area contributed by atoms with Gasteiger partial charge in [0, 0.05) is 36.8 Å². The number of hydrogen-bond acceptors (Lipinski definition) is 6. The highest BCUT2D eigenvalue weighted by atomic mass is 15.0. The van der Waals surface area contributed by atoms with E-state index in [2.05, 4.69) is 49.5 Å². The summed E-state index contributed by atoms with van der Waals surface area (Å²) in [5.41, 5.74) is 6.95. The van der Waals surface area contributed by atoms with Crippen molar-refractivity contribution < 1.29 is 0 Å². The van der Waals surface area contributed by atoms with Crippen LogP contribution in [0.25, 0.3) is 0 Å². The molecular weight excluding hydrogens is 372 g/mol. The zero-order valence-electron chi connectivity index (χ0n) is 16.8. The summed E-state index contributed by atoms with van der Waals surface area (Å²) >= 11 is 0. The number of hydrogen-bond donors (Lipinski definition) is 4. The fraction of sp³-hybridized carbons (Fsp3) is 0.167. The Balaban J connectivity index is 0.000000109. The van der Waals surface area contributed by atoms with Gasteiger partial charge in [0.2, 0.25) is 0 Å². The number of aliphatic imine (C=N–C) groups is 2. The first-order valence-corrected chi connectivity index (χ1v) is 10.1. The molecule has 0 saturated heterocycles. The number of fused-ring (bicyclic) bond motifs is 3. The average molecular weight is 399 g/mol. The fourth-order valence-corrected chi connectivity index (χ4v) is 3.27. The molecule has 3 heterocycles. The molecule has 0 unspecified atom stereocenters. The molecule has 0 fully saturated rings. The van der Waals surface area contributed by atoms with Gasteiger partial charge in [0.1, 0.15) is 6.67 Å². The summed E-state index contributed by atoms with van der Waals surface area (Å²) in [6.07, 6.45) is 3.77. The van der Waals surface area contributed by atoms with Gasteiger partial charge in [-0.05, 0) is 30.3 Å². The van der Waals surface area contributed by atoms with E-state index in [-0.39, 0.29) is 0 Å². The topological polar surface area (TPSA) is 72.8 Å². The van der Waals surface area contributed by atoms with Crippen molar-refractivity contribution in [3.8, 4) is 0 Å². The Morgan fingerprint density at radius 1 is 0.600 bits per heavy atom. The van der Waals surface area contributed by atoms with E-state index in [0.717, 1.165) is 31.0 Å². The molecule has 0 saturated carbocycles. The predicted molar refractivity (Wildman–Crippen MR) is 129 cm³/mol. The van der Waals surface area contributed by atoms with E-state index in [0.29, 0.717) is 6.67 Å². The average Bonchev–Trinajstić information content (AvgIpc) is 2.85. The lowest BCUT2D eigenvalue weighted by atomic mass is 10.2. The largest absolute Gasteiger partial charge is 0.382 e.